The van der Waals surface area contributed by atoms with Gasteiger partial charge in [0.1, 0.15) is 11.6 Å². The first-order chi connectivity index (χ1) is 7.13. The van der Waals surface area contributed by atoms with E-state index in [4.69, 9.17) is 0 Å². The zero-order valence-electron chi connectivity index (χ0n) is 8.96. The van der Waals surface area contributed by atoms with Crippen LogP contribution in [0.5, 0.6) is 0 Å². The van der Waals surface area contributed by atoms with E-state index in [1.165, 1.54) is 18.9 Å². The van der Waals surface area contributed by atoms with E-state index in [9.17, 15) is 4.79 Å². The van der Waals surface area contributed by atoms with Crippen molar-refractivity contribution in [2.24, 2.45) is 0 Å². The van der Waals surface area contributed by atoms with Crippen molar-refractivity contribution >= 4 is 17.6 Å². The van der Waals surface area contributed by atoms with Gasteiger partial charge in [-0.25, -0.2) is 4.98 Å². The highest BCUT2D eigenvalue weighted by molar-refractivity contribution is 8.00. The Morgan fingerprint density at radius 3 is 2.93 bits per heavy atom. The third-order valence-electron chi connectivity index (χ3n) is 2.69. The number of anilines is 1. The number of hydrogen-bond donors (Lipinski definition) is 2. The molecule has 0 bridgehead atoms. The summed E-state index contributed by atoms with van der Waals surface area (Å²) in [5, 5.41) is 3.23. The van der Waals surface area contributed by atoms with Gasteiger partial charge in [0.05, 0.1) is 0 Å². The first kappa shape index (κ1) is 10.5. The van der Waals surface area contributed by atoms with Crippen LogP contribution in [0.25, 0.3) is 0 Å². The van der Waals surface area contributed by atoms with E-state index in [1.807, 2.05) is 11.8 Å². The summed E-state index contributed by atoms with van der Waals surface area (Å²) in [4.78, 5) is 18.0. The lowest BCUT2D eigenvalue weighted by molar-refractivity contribution is 0.925. The van der Waals surface area contributed by atoms with E-state index in [0.29, 0.717) is 16.4 Å². The predicted molar refractivity (Wildman–Crippen MR) is 63.6 cm³/mol. The smallest absolute Gasteiger partial charge is 0.252 e. The largest absolute Gasteiger partial charge is 0.368 e. The number of rotatable bonds is 4. The Bertz CT molecular complexity index is 411. The molecule has 1 saturated carbocycles. The molecular formula is C10H15N3OS. The molecule has 2 rings (SSSR count). The maximum atomic E-state index is 11.2. The quantitative estimate of drug-likeness (QED) is 0.813. The number of aromatic nitrogens is 2. The molecule has 0 radical (unpaired) electrons. The first-order valence-corrected chi connectivity index (χ1v) is 6.23. The van der Waals surface area contributed by atoms with Gasteiger partial charge < -0.3 is 10.3 Å². The molecule has 0 aliphatic heterocycles. The Balaban J connectivity index is 2.02. The fraction of sp³-hybridized carbons (Fsp3) is 0.600. The molecule has 4 nitrogen and oxygen atoms in total. The first-order valence-electron chi connectivity index (χ1n) is 5.01. The second-order valence-electron chi connectivity index (χ2n) is 3.96. The number of aromatic amines is 1. The summed E-state index contributed by atoms with van der Waals surface area (Å²) >= 11 is 1.89. The van der Waals surface area contributed by atoms with Crippen molar-refractivity contribution in [2.45, 2.75) is 24.5 Å². The molecule has 0 aromatic carbocycles. The molecule has 0 saturated heterocycles. The van der Waals surface area contributed by atoms with Crippen molar-refractivity contribution in [1.82, 2.24) is 9.97 Å². The SMILES string of the molecule is CSC1(CNc2cc(=O)[nH]c(C)n2)CC1. The van der Waals surface area contributed by atoms with Crippen molar-refractivity contribution in [3.8, 4) is 0 Å². The molecule has 0 atom stereocenters. The average Bonchev–Trinajstić information content (AvgIpc) is 2.94. The van der Waals surface area contributed by atoms with Gasteiger partial charge in [-0.3, -0.25) is 4.79 Å². The van der Waals surface area contributed by atoms with Gasteiger partial charge in [-0.2, -0.15) is 11.8 Å². The summed E-state index contributed by atoms with van der Waals surface area (Å²) in [6.45, 7) is 2.68. The summed E-state index contributed by atoms with van der Waals surface area (Å²) < 4.78 is 0.387. The minimum Gasteiger partial charge on any atom is -0.368 e. The van der Waals surface area contributed by atoms with E-state index in [2.05, 4.69) is 21.5 Å². The minimum atomic E-state index is -0.0981. The fourth-order valence-corrected chi connectivity index (χ4v) is 2.24. The number of thioether (sulfide) groups is 1. The van der Waals surface area contributed by atoms with Gasteiger partial charge in [0.15, 0.2) is 0 Å². The molecule has 1 aromatic heterocycles. The van der Waals surface area contributed by atoms with Crippen molar-refractivity contribution in [3.05, 3.63) is 22.2 Å². The summed E-state index contributed by atoms with van der Waals surface area (Å²) in [5.74, 6) is 1.33. The van der Waals surface area contributed by atoms with E-state index in [0.717, 1.165) is 6.54 Å². The third kappa shape index (κ3) is 2.53. The lowest BCUT2D eigenvalue weighted by atomic mass is 10.4. The molecule has 15 heavy (non-hydrogen) atoms. The van der Waals surface area contributed by atoms with Gasteiger partial charge in [-0.15, -0.1) is 0 Å². The zero-order valence-corrected chi connectivity index (χ0v) is 9.78. The molecule has 2 N–H and O–H groups in total. The summed E-state index contributed by atoms with van der Waals surface area (Å²) in [6, 6.07) is 1.50. The van der Waals surface area contributed by atoms with Crippen LogP contribution in [0.4, 0.5) is 5.82 Å². The highest BCUT2D eigenvalue weighted by atomic mass is 32.2. The minimum absolute atomic E-state index is 0.0981. The Kier molecular flexibility index (Phi) is 2.73. The third-order valence-corrected chi connectivity index (χ3v) is 4.11. The molecule has 5 heteroatoms. The van der Waals surface area contributed by atoms with Crippen LogP contribution in [0.15, 0.2) is 10.9 Å². The van der Waals surface area contributed by atoms with Crippen LogP contribution in [0.3, 0.4) is 0 Å². The summed E-state index contributed by atoms with van der Waals surface area (Å²) in [7, 11) is 0. The monoisotopic (exact) mass is 225 g/mol. The van der Waals surface area contributed by atoms with Crippen LogP contribution in [-0.2, 0) is 0 Å². The molecule has 1 aliphatic carbocycles. The number of aryl methyl sites for hydroxylation is 1. The molecule has 1 aliphatic rings. The van der Waals surface area contributed by atoms with Crippen LogP contribution >= 0.6 is 11.8 Å². The number of H-pyrrole nitrogens is 1. The van der Waals surface area contributed by atoms with E-state index < -0.39 is 0 Å². The van der Waals surface area contributed by atoms with Crippen LogP contribution in [0, 0.1) is 6.92 Å². The number of nitrogens with one attached hydrogen (secondary N) is 2. The predicted octanol–water partition coefficient (Wildman–Crippen LogP) is 1.39. The van der Waals surface area contributed by atoms with E-state index in [-0.39, 0.29) is 5.56 Å². The molecule has 1 fully saturated rings. The highest BCUT2D eigenvalue weighted by Crippen LogP contribution is 2.46. The lowest BCUT2D eigenvalue weighted by Crippen LogP contribution is -2.20. The maximum Gasteiger partial charge on any atom is 0.252 e. The molecule has 0 amide bonds. The van der Waals surface area contributed by atoms with Crippen LogP contribution in [-0.4, -0.2) is 27.5 Å². The van der Waals surface area contributed by atoms with Crippen molar-refractivity contribution < 1.29 is 0 Å². The van der Waals surface area contributed by atoms with Gasteiger partial charge >= 0.3 is 0 Å². The van der Waals surface area contributed by atoms with E-state index >= 15 is 0 Å². The van der Waals surface area contributed by atoms with Crippen molar-refractivity contribution in [3.63, 3.8) is 0 Å². The summed E-state index contributed by atoms with van der Waals surface area (Å²) in [5.41, 5.74) is -0.0981. The number of hydrogen-bond acceptors (Lipinski definition) is 4. The Morgan fingerprint density at radius 2 is 2.40 bits per heavy atom. The Morgan fingerprint density at radius 1 is 1.67 bits per heavy atom. The van der Waals surface area contributed by atoms with Crippen molar-refractivity contribution in [2.75, 3.05) is 18.1 Å². The Labute approximate surface area is 92.9 Å². The molecule has 1 heterocycles. The molecule has 1 aromatic rings. The van der Waals surface area contributed by atoms with E-state index in [1.54, 1.807) is 6.92 Å². The topological polar surface area (TPSA) is 57.8 Å². The molecule has 82 valence electrons. The van der Waals surface area contributed by atoms with Gasteiger partial charge in [0, 0.05) is 17.4 Å². The average molecular weight is 225 g/mol. The van der Waals surface area contributed by atoms with Crippen LogP contribution in [0.1, 0.15) is 18.7 Å². The van der Waals surface area contributed by atoms with Gasteiger partial charge in [0.25, 0.3) is 5.56 Å². The Hall–Kier alpha value is -0.970. The highest BCUT2D eigenvalue weighted by Gasteiger charge is 2.41. The number of nitrogens with zero attached hydrogens (tertiary/aromatic N) is 1. The normalized spacial score (nSPS) is 17.5. The lowest BCUT2D eigenvalue weighted by Gasteiger charge is -2.13. The second-order valence-corrected chi connectivity index (χ2v) is 5.23. The van der Waals surface area contributed by atoms with Gasteiger partial charge in [-0.05, 0) is 26.0 Å². The standard InChI is InChI=1S/C10H15N3OS/c1-7-12-8(5-9(14)13-7)11-6-10(15-2)3-4-10/h5H,3-4,6H2,1-2H3,(H2,11,12,13,14). The van der Waals surface area contributed by atoms with Crippen LogP contribution in [0.2, 0.25) is 0 Å². The van der Waals surface area contributed by atoms with Crippen molar-refractivity contribution in [1.29, 1.82) is 0 Å². The molecular weight excluding hydrogens is 210 g/mol. The maximum absolute atomic E-state index is 11.2. The van der Waals surface area contributed by atoms with Crippen LogP contribution < -0.4 is 10.9 Å². The molecule has 0 unspecified atom stereocenters. The fourth-order valence-electron chi connectivity index (χ4n) is 1.51. The van der Waals surface area contributed by atoms with Gasteiger partial charge in [-0.1, -0.05) is 0 Å². The zero-order chi connectivity index (χ0) is 10.9. The molecule has 0 spiro atoms. The summed E-state index contributed by atoms with van der Waals surface area (Å²) in [6.07, 6.45) is 4.64. The second kappa shape index (κ2) is 3.89. The van der Waals surface area contributed by atoms with Gasteiger partial charge in [0.2, 0.25) is 0 Å².